The van der Waals surface area contributed by atoms with Crippen LogP contribution in [-0.2, 0) is 6.67 Å². The van der Waals surface area contributed by atoms with Gasteiger partial charge in [0.1, 0.15) is 10.7 Å². The third kappa shape index (κ3) is 3.64. The molecule has 2 aromatic rings. The number of hydrogen-bond donors (Lipinski definition) is 1. The Balaban J connectivity index is 1.75. The van der Waals surface area contributed by atoms with E-state index in [0.29, 0.717) is 10.2 Å². The van der Waals surface area contributed by atoms with Crippen molar-refractivity contribution in [3.8, 4) is 6.07 Å². The number of rotatable bonds is 3. The predicted octanol–water partition coefficient (Wildman–Crippen LogP) is 3.03. The number of hydrogen-bond acceptors (Lipinski definition) is 3. The minimum Gasteiger partial charge on any atom is -0.360 e. The maximum atomic E-state index is 9.47. The SMILES string of the molecule is Cc1c(C)c(C)n(C[NH+]2CCN(c3cccc(Cl)c3)CC2)c(=S)c1C#N. The van der Waals surface area contributed by atoms with E-state index in [-0.39, 0.29) is 0 Å². The van der Waals surface area contributed by atoms with Crippen LogP contribution in [0.4, 0.5) is 5.69 Å². The maximum absolute atomic E-state index is 9.47. The summed E-state index contributed by atoms with van der Waals surface area (Å²) in [6.07, 6.45) is 0. The third-order valence-electron chi connectivity index (χ3n) is 5.48. The Hall–Kier alpha value is -1.87. The topological polar surface area (TPSA) is 36.4 Å². The smallest absolute Gasteiger partial charge is 0.157 e. The van der Waals surface area contributed by atoms with Gasteiger partial charge in [-0.25, -0.2) is 0 Å². The van der Waals surface area contributed by atoms with Gasteiger partial charge in [-0.2, -0.15) is 5.26 Å². The molecule has 4 nitrogen and oxygen atoms in total. The van der Waals surface area contributed by atoms with Gasteiger partial charge in [0.15, 0.2) is 6.67 Å². The van der Waals surface area contributed by atoms with Crippen LogP contribution in [0.1, 0.15) is 22.4 Å². The van der Waals surface area contributed by atoms with Crippen LogP contribution in [0.2, 0.25) is 5.02 Å². The second-order valence-corrected chi connectivity index (χ2v) is 7.75. The van der Waals surface area contributed by atoms with E-state index in [4.69, 9.17) is 23.8 Å². The molecule has 1 aromatic carbocycles. The molecule has 0 spiro atoms. The number of piperazine rings is 1. The van der Waals surface area contributed by atoms with Crippen molar-refractivity contribution in [2.75, 3.05) is 31.1 Å². The molecule has 26 heavy (non-hydrogen) atoms. The van der Waals surface area contributed by atoms with Crippen molar-refractivity contribution >= 4 is 29.5 Å². The monoisotopic (exact) mass is 387 g/mol. The van der Waals surface area contributed by atoms with Crippen LogP contribution in [0.25, 0.3) is 0 Å². The zero-order valence-corrected chi connectivity index (χ0v) is 17.0. The van der Waals surface area contributed by atoms with Gasteiger partial charge in [0.05, 0.1) is 31.7 Å². The number of benzene rings is 1. The molecule has 1 aromatic heterocycles. The highest BCUT2D eigenvalue weighted by atomic mass is 35.5. The molecular formula is C20H24ClN4S+. The van der Waals surface area contributed by atoms with Crippen molar-refractivity contribution in [2.24, 2.45) is 0 Å². The summed E-state index contributed by atoms with van der Waals surface area (Å²) in [5.41, 5.74) is 5.15. The Morgan fingerprint density at radius 3 is 2.50 bits per heavy atom. The van der Waals surface area contributed by atoms with Crippen LogP contribution >= 0.6 is 23.8 Å². The lowest BCUT2D eigenvalue weighted by molar-refractivity contribution is -0.923. The van der Waals surface area contributed by atoms with Crippen molar-refractivity contribution in [1.82, 2.24) is 4.57 Å². The molecule has 1 aliphatic rings. The second-order valence-electron chi connectivity index (χ2n) is 6.93. The first-order chi connectivity index (χ1) is 12.4. The largest absolute Gasteiger partial charge is 0.360 e. The summed E-state index contributed by atoms with van der Waals surface area (Å²) in [7, 11) is 0. The molecule has 0 radical (unpaired) electrons. The van der Waals surface area contributed by atoms with Crippen molar-refractivity contribution in [3.63, 3.8) is 0 Å². The summed E-state index contributed by atoms with van der Waals surface area (Å²) in [5, 5.41) is 10.3. The minimum absolute atomic E-state index is 0.639. The molecule has 3 rings (SSSR count). The highest BCUT2D eigenvalue weighted by molar-refractivity contribution is 7.71. The van der Waals surface area contributed by atoms with Crippen LogP contribution in [0, 0.1) is 36.7 Å². The van der Waals surface area contributed by atoms with Crippen LogP contribution in [0.15, 0.2) is 24.3 Å². The summed E-state index contributed by atoms with van der Waals surface area (Å²) >= 11 is 11.7. The van der Waals surface area contributed by atoms with E-state index in [1.165, 1.54) is 10.6 Å². The van der Waals surface area contributed by atoms with Crippen molar-refractivity contribution in [3.05, 3.63) is 56.3 Å². The number of nitriles is 1. The first-order valence-electron chi connectivity index (χ1n) is 8.87. The van der Waals surface area contributed by atoms with E-state index in [2.05, 4.69) is 35.5 Å². The molecule has 6 heteroatoms. The molecule has 0 atom stereocenters. The van der Waals surface area contributed by atoms with Crippen molar-refractivity contribution in [1.29, 1.82) is 5.26 Å². The van der Waals surface area contributed by atoms with Crippen molar-refractivity contribution < 1.29 is 4.90 Å². The highest BCUT2D eigenvalue weighted by Gasteiger charge is 2.22. The minimum atomic E-state index is 0.639. The standard InChI is InChI=1S/C20H23ClN4S/c1-14-15(2)19(12-22)20(26)25(16(14)3)13-23-7-9-24(10-8-23)18-6-4-5-17(21)11-18/h4-6,11H,7-10,13H2,1-3H3/p+1. The molecule has 0 amide bonds. The fourth-order valence-electron chi connectivity index (χ4n) is 3.57. The number of halogens is 1. The number of aromatic nitrogens is 1. The Morgan fingerprint density at radius 1 is 1.19 bits per heavy atom. The fourth-order valence-corrected chi connectivity index (χ4v) is 4.15. The van der Waals surface area contributed by atoms with Crippen LogP contribution < -0.4 is 9.80 Å². The Kier molecular flexibility index (Phi) is 5.67. The number of anilines is 1. The van der Waals surface area contributed by atoms with E-state index < -0.39 is 0 Å². The van der Waals surface area contributed by atoms with Crippen LogP contribution in [0.5, 0.6) is 0 Å². The average Bonchev–Trinajstić information content (AvgIpc) is 2.64. The third-order valence-corrected chi connectivity index (χ3v) is 6.14. The number of pyridine rings is 1. The Bertz CT molecular complexity index is 921. The molecule has 0 aliphatic carbocycles. The van der Waals surface area contributed by atoms with Crippen LogP contribution in [0.3, 0.4) is 0 Å². The number of nitrogens with one attached hydrogen (secondary N) is 1. The molecule has 1 N–H and O–H groups in total. The van der Waals surface area contributed by atoms with Gasteiger partial charge in [0.25, 0.3) is 0 Å². The summed E-state index contributed by atoms with van der Waals surface area (Å²) in [5.74, 6) is 0. The summed E-state index contributed by atoms with van der Waals surface area (Å²) < 4.78 is 2.80. The molecule has 0 bridgehead atoms. The Labute approximate surface area is 165 Å². The number of nitrogens with zero attached hydrogens (tertiary/aromatic N) is 3. The lowest BCUT2D eigenvalue weighted by atomic mass is 10.0. The van der Waals surface area contributed by atoms with E-state index in [1.54, 1.807) is 0 Å². The molecule has 136 valence electrons. The lowest BCUT2D eigenvalue weighted by Gasteiger charge is -2.34. The molecule has 2 heterocycles. The Morgan fingerprint density at radius 2 is 1.88 bits per heavy atom. The van der Waals surface area contributed by atoms with Gasteiger partial charge in [0.2, 0.25) is 0 Å². The maximum Gasteiger partial charge on any atom is 0.157 e. The predicted molar refractivity (Wildman–Crippen MR) is 109 cm³/mol. The van der Waals surface area contributed by atoms with Gasteiger partial charge in [-0.05, 0) is 50.1 Å². The summed E-state index contributed by atoms with van der Waals surface area (Å²) in [6, 6.07) is 10.3. The first-order valence-corrected chi connectivity index (χ1v) is 9.65. The molecule has 0 unspecified atom stereocenters. The lowest BCUT2D eigenvalue weighted by Crippen LogP contribution is -3.14. The van der Waals surface area contributed by atoms with E-state index in [0.717, 1.165) is 54.7 Å². The zero-order chi connectivity index (χ0) is 18.8. The first kappa shape index (κ1) is 18.9. The second kappa shape index (κ2) is 7.79. The van der Waals surface area contributed by atoms with E-state index in [1.807, 2.05) is 25.1 Å². The molecule has 1 aliphatic heterocycles. The summed E-state index contributed by atoms with van der Waals surface area (Å²) in [4.78, 5) is 3.86. The average molecular weight is 388 g/mol. The van der Waals surface area contributed by atoms with Crippen molar-refractivity contribution in [2.45, 2.75) is 27.4 Å². The zero-order valence-electron chi connectivity index (χ0n) is 15.5. The quantitative estimate of drug-likeness (QED) is 0.822. The van der Waals surface area contributed by atoms with Gasteiger partial charge in [0, 0.05) is 16.4 Å². The van der Waals surface area contributed by atoms with Gasteiger partial charge in [-0.3, -0.25) is 4.57 Å². The molecular weight excluding hydrogens is 364 g/mol. The van der Waals surface area contributed by atoms with E-state index in [9.17, 15) is 5.26 Å². The van der Waals surface area contributed by atoms with Gasteiger partial charge in [-0.15, -0.1) is 0 Å². The van der Waals surface area contributed by atoms with Gasteiger partial charge in [-0.1, -0.05) is 29.9 Å². The van der Waals surface area contributed by atoms with Gasteiger partial charge < -0.3 is 9.80 Å². The van der Waals surface area contributed by atoms with Gasteiger partial charge >= 0.3 is 0 Å². The normalized spacial score (nSPS) is 15.1. The van der Waals surface area contributed by atoms with Crippen LogP contribution in [-0.4, -0.2) is 30.7 Å². The molecule has 1 fully saturated rings. The summed E-state index contributed by atoms with van der Waals surface area (Å²) in [6.45, 7) is 11.0. The molecule has 1 saturated heterocycles. The number of quaternary nitrogens is 1. The highest BCUT2D eigenvalue weighted by Crippen LogP contribution is 2.20. The molecule has 0 saturated carbocycles. The fraction of sp³-hybridized carbons (Fsp3) is 0.400. The van der Waals surface area contributed by atoms with E-state index >= 15 is 0 Å².